The lowest BCUT2D eigenvalue weighted by molar-refractivity contribution is 1.63. The van der Waals surface area contributed by atoms with Gasteiger partial charge in [-0.15, -0.1) is 0 Å². The Kier molecular flexibility index (Phi) is 3.39. The Morgan fingerprint density at radius 3 is 1.90 bits per heavy atom. The molecule has 0 aliphatic rings. The van der Waals surface area contributed by atoms with Crippen LogP contribution in [0, 0.1) is 0 Å². The standard InChI is InChI=1S/C20H18/c1-3-15-7-5-8-16-13-14-18-10-6-9-17(12-11-15)20(18)19(16)4-2/h3-14H,1-2H3/b7-5?,12-11?,15-3-,16-8?,19-4+. The van der Waals surface area contributed by atoms with Gasteiger partial charge >= 0.3 is 0 Å². The summed E-state index contributed by atoms with van der Waals surface area (Å²) in [6, 6.07) is 21.8. The van der Waals surface area contributed by atoms with Crippen LogP contribution in [0.25, 0.3) is 33.7 Å². The fourth-order valence-corrected chi connectivity index (χ4v) is 2.74. The minimum absolute atomic E-state index is 1.23. The molecule has 0 N–H and O–H groups in total. The molecule has 0 aromatic heterocycles. The third-order valence-corrected chi connectivity index (χ3v) is 3.79. The van der Waals surface area contributed by atoms with E-state index in [2.05, 4.69) is 86.7 Å². The van der Waals surface area contributed by atoms with Crippen LogP contribution < -0.4 is 10.4 Å². The summed E-state index contributed by atoms with van der Waals surface area (Å²) in [4.78, 5) is 0. The van der Waals surface area contributed by atoms with Crippen molar-refractivity contribution in [2.24, 2.45) is 0 Å². The van der Waals surface area contributed by atoms with E-state index in [-0.39, 0.29) is 0 Å². The molecule has 98 valence electrons. The van der Waals surface area contributed by atoms with Gasteiger partial charge in [0.1, 0.15) is 0 Å². The van der Waals surface area contributed by atoms with Gasteiger partial charge < -0.3 is 0 Å². The molecule has 0 atom stereocenters. The molecule has 0 heterocycles. The number of benzene rings is 2. The third kappa shape index (κ3) is 2.14. The van der Waals surface area contributed by atoms with E-state index in [1.54, 1.807) is 0 Å². The van der Waals surface area contributed by atoms with Crippen molar-refractivity contribution in [2.75, 3.05) is 0 Å². The Bertz CT molecular complexity index is 915. The maximum Gasteiger partial charge on any atom is -0.00362 e. The largest absolute Gasteiger partial charge is 0.0804 e. The second-order valence-electron chi connectivity index (χ2n) is 4.95. The fraction of sp³-hybridized carbons (Fsp3) is 0.100. The second-order valence-corrected chi connectivity index (χ2v) is 4.95. The highest BCUT2D eigenvalue weighted by Gasteiger charge is 1.98. The van der Waals surface area contributed by atoms with Gasteiger partial charge in [-0.25, -0.2) is 0 Å². The highest BCUT2D eigenvalue weighted by molar-refractivity contribution is 6.01. The van der Waals surface area contributed by atoms with Gasteiger partial charge in [0, 0.05) is 0 Å². The Balaban J connectivity index is 2.69. The SMILES string of the molecule is C/C=c1/cccc2ccc3cccc(cc1)c3/c2=C/C. The van der Waals surface area contributed by atoms with Crippen LogP contribution in [0.1, 0.15) is 13.8 Å². The molecule has 0 saturated heterocycles. The zero-order chi connectivity index (χ0) is 13.9. The average molecular weight is 258 g/mol. The van der Waals surface area contributed by atoms with Crippen molar-refractivity contribution in [3.05, 3.63) is 71.1 Å². The van der Waals surface area contributed by atoms with Crippen LogP contribution in [-0.4, -0.2) is 0 Å². The monoisotopic (exact) mass is 258 g/mol. The topological polar surface area (TPSA) is 0 Å². The van der Waals surface area contributed by atoms with E-state index >= 15 is 0 Å². The van der Waals surface area contributed by atoms with Crippen molar-refractivity contribution < 1.29 is 0 Å². The first kappa shape index (κ1) is 12.7. The zero-order valence-corrected chi connectivity index (χ0v) is 11.9. The van der Waals surface area contributed by atoms with Gasteiger partial charge in [0.2, 0.25) is 0 Å². The summed E-state index contributed by atoms with van der Waals surface area (Å²) in [5.41, 5.74) is 0. The molecule has 0 fully saturated rings. The highest BCUT2D eigenvalue weighted by atomic mass is 14.0. The third-order valence-electron chi connectivity index (χ3n) is 3.79. The average Bonchev–Trinajstić information content (AvgIpc) is 2.50. The first-order chi connectivity index (χ1) is 9.83. The molecule has 0 aliphatic carbocycles. The molecule has 3 rings (SSSR count). The summed E-state index contributed by atoms with van der Waals surface area (Å²) >= 11 is 0. The van der Waals surface area contributed by atoms with Crippen molar-refractivity contribution in [1.29, 1.82) is 0 Å². The first-order valence-corrected chi connectivity index (χ1v) is 7.04. The lowest BCUT2D eigenvalue weighted by Crippen LogP contribution is -2.03. The molecule has 0 unspecified atom stereocenters. The van der Waals surface area contributed by atoms with Crippen LogP contribution in [0.5, 0.6) is 0 Å². The first-order valence-electron chi connectivity index (χ1n) is 7.04. The lowest BCUT2D eigenvalue weighted by atomic mass is 10.0. The summed E-state index contributed by atoms with van der Waals surface area (Å²) in [5, 5.41) is 7.73. The molecule has 3 aromatic rings. The van der Waals surface area contributed by atoms with E-state index in [4.69, 9.17) is 0 Å². The van der Waals surface area contributed by atoms with Gasteiger partial charge in [0.05, 0.1) is 0 Å². The summed E-state index contributed by atoms with van der Waals surface area (Å²) in [5.74, 6) is 0. The molecule has 0 heteroatoms. The van der Waals surface area contributed by atoms with E-state index in [1.165, 1.54) is 32.0 Å². The van der Waals surface area contributed by atoms with Gasteiger partial charge in [0.25, 0.3) is 0 Å². The maximum atomic E-state index is 2.21. The summed E-state index contributed by atoms with van der Waals surface area (Å²) in [6.45, 7) is 4.18. The van der Waals surface area contributed by atoms with Gasteiger partial charge in [-0.05, 0) is 45.8 Å². The Morgan fingerprint density at radius 2 is 1.20 bits per heavy atom. The van der Waals surface area contributed by atoms with E-state index in [0.717, 1.165) is 0 Å². The van der Waals surface area contributed by atoms with Crippen LogP contribution in [0.3, 0.4) is 0 Å². The molecule has 20 heavy (non-hydrogen) atoms. The Labute approximate surface area is 119 Å². The number of fused-ring (bicyclic) bond motifs is 1. The summed E-state index contributed by atoms with van der Waals surface area (Å²) in [7, 11) is 0. The summed E-state index contributed by atoms with van der Waals surface area (Å²) < 4.78 is 0. The molecule has 0 amide bonds. The predicted molar refractivity (Wildman–Crippen MR) is 89.8 cm³/mol. The van der Waals surface area contributed by atoms with E-state index in [0.29, 0.717) is 0 Å². The van der Waals surface area contributed by atoms with Crippen molar-refractivity contribution in [3.8, 4) is 0 Å². The molecule has 2 bridgehead atoms. The number of rotatable bonds is 0. The molecule has 0 spiro atoms. The van der Waals surface area contributed by atoms with Crippen LogP contribution in [0.2, 0.25) is 0 Å². The fourth-order valence-electron chi connectivity index (χ4n) is 2.74. The van der Waals surface area contributed by atoms with Gasteiger partial charge in [-0.2, -0.15) is 0 Å². The zero-order valence-electron chi connectivity index (χ0n) is 11.9. The predicted octanol–water partition coefficient (Wildman–Crippen LogP) is 4.16. The molecule has 0 nitrogen and oxygen atoms in total. The van der Waals surface area contributed by atoms with E-state index < -0.39 is 0 Å². The number of hydrogen-bond donors (Lipinski definition) is 0. The Hall–Kier alpha value is -2.34. The van der Waals surface area contributed by atoms with Crippen LogP contribution in [-0.2, 0) is 0 Å². The van der Waals surface area contributed by atoms with Crippen molar-refractivity contribution in [2.45, 2.75) is 13.8 Å². The van der Waals surface area contributed by atoms with Crippen molar-refractivity contribution >= 4 is 33.7 Å². The second kappa shape index (κ2) is 5.34. The van der Waals surface area contributed by atoms with Gasteiger partial charge in [-0.1, -0.05) is 72.8 Å². The smallest absolute Gasteiger partial charge is 0.00362 e. The molecule has 0 radical (unpaired) electrons. The van der Waals surface area contributed by atoms with E-state index in [1.807, 2.05) is 0 Å². The molecule has 3 aromatic carbocycles. The van der Waals surface area contributed by atoms with E-state index in [9.17, 15) is 0 Å². The Morgan fingerprint density at radius 1 is 0.600 bits per heavy atom. The molecular weight excluding hydrogens is 240 g/mol. The van der Waals surface area contributed by atoms with Crippen LogP contribution >= 0.6 is 0 Å². The highest BCUT2D eigenvalue weighted by Crippen LogP contribution is 2.17. The lowest BCUT2D eigenvalue weighted by Gasteiger charge is -2.03. The molecule has 0 saturated carbocycles. The summed E-state index contributed by atoms with van der Waals surface area (Å²) in [6.07, 6.45) is 4.33. The quantitative estimate of drug-likeness (QED) is 0.568. The van der Waals surface area contributed by atoms with Crippen LogP contribution in [0.15, 0.2) is 60.7 Å². The minimum Gasteiger partial charge on any atom is -0.0804 e. The number of hydrogen-bond acceptors (Lipinski definition) is 0. The van der Waals surface area contributed by atoms with Crippen molar-refractivity contribution in [1.82, 2.24) is 0 Å². The molecule has 0 aliphatic heterocycles. The van der Waals surface area contributed by atoms with Gasteiger partial charge in [0.15, 0.2) is 0 Å². The maximum absolute atomic E-state index is 2.21. The normalized spacial score (nSPS) is 13.1. The molecular formula is C20H18. The minimum atomic E-state index is 1.23. The van der Waals surface area contributed by atoms with Crippen molar-refractivity contribution in [3.63, 3.8) is 0 Å². The van der Waals surface area contributed by atoms with Crippen LogP contribution in [0.4, 0.5) is 0 Å². The van der Waals surface area contributed by atoms with Gasteiger partial charge in [-0.3, -0.25) is 0 Å².